The van der Waals surface area contributed by atoms with E-state index in [1.165, 1.54) is 49.5 Å². The van der Waals surface area contributed by atoms with E-state index in [0.717, 1.165) is 6.42 Å². The molecule has 0 bridgehead atoms. The Bertz CT molecular complexity index is 1110. The van der Waals surface area contributed by atoms with Crippen LogP contribution >= 0.6 is 0 Å². The number of hydrogen-bond donors (Lipinski definition) is 4. The topological polar surface area (TPSA) is 142 Å². The molecule has 11 heteroatoms. The lowest BCUT2D eigenvalue weighted by Crippen LogP contribution is -2.51. The van der Waals surface area contributed by atoms with Gasteiger partial charge in [-0.15, -0.1) is 0 Å². The molecule has 1 fully saturated rings. The average molecular weight is 500 g/mol. The van der Waals surface area contributed by atoms with Gasteiger partial charge in [0.2, 0.25) is 17.7 Å². The predicted molar refractivity (Wildman–Crippen MR) is 128 cm³/mol. The Morgan fingerprint density at radius 3 is 2.64 bits per heavy atom. The van der Waals surface area contributed by atoms with Gasteiger partial charge in [0.1, 0.15) is 17.6 Å². The van der Waals surface area contributed by atoms with Crippen molar-refractivity contribution in [2.24, 2.45) is 5.92 Å². The molecule has 1 aliphatic heterocycles. The molecular formula is C25H30FN5O5. The number of rotatable bonds is 10. The van der Waals surface area contributed by atoms with Crippen LogP contribution in [0, 0.1) is 18.7 Å². The monoisotopic (exact) mass is 499 g/mol. The minimum Gasteiger partial charge on any atom is -0.361 e. The Kier molecular flexibility index (Phi) is 9.32. The molecule has 1 aromatic heterocycles. The van der Waals surface area contributed by atoms with Crippen molar-refractivity contribution in [2.75, 3.05) is 13.6 Å². The average Bonchev–Trinajstić information content (AvgIpc) is 3.30. The number of benzene rings is 1. The van der Waals surface area contributed by atoms with Crippen molar-refractivity contribution in [3.63, 3.8) is 0 Å². The molecule has 2 aromatic rings. The number of aromatic nitrogens is 1. The van der Waals surface area contributed by atoms with Gasteiger partial charge in [-0.2, -0.15) is 0 Å². The van der Waals surface area contributed by atoms with Crippen LogP contribution in [0.5, 0.6) is 0 Å². The van der Waals surface area contributed by atoms with E-state index in [2.05, 4.69) is 26.4 Å². The molecule has 192 valence electrons. The van der Waals surface area contributed by atoms with Crippen molar-refractivity contribution in [3.8, 4) is 0 Å². The van der Waals surface area contributed by atoms with Crippen LogP contribution in [0.15, 0.2) is 47.0 Å². The molecule has 3 atom stereocenters. The molecule has 4 amide bonds. The summed E-state index contributed by atoms with van der Waals surface area (Å²) < 4.78 is 18.3. The maximum Gasteiger partial charge on any atom is 0.274 e. The van der Waals surface area contributed by atoms with Gasteiger partial charge in [0.15, 0.2) is 5.69 Å². The summed E-state index contributed by atoms with van der Waals surface area (Å²) in [5, 5.41) is 14.5. The van der Waals surface area contributed by atoms with E-state index >= 15 is 0 Å². The summed E-state index contributed by atoms with van der Waals surface area (Å²) in [7, 11) is 1.48. The smallest absolute Gasteiger partial charge is 0.274 e. The Morgan fingerprint density at radius 1 is 1.25 bits per heavy atom. The maximum absolute atomic E-state index is 13.4. The first-order valence-corrected chi connectivity index (χ1v) is 11.7. The van der Waals surface area contributed by atoms with Gasteiger partial charge >= 0.3 is 0 Å². The fourth-order valence-corrected chi connectivity index (χ4v) is 3.89. The van der Waals surface area contributed by atoms with Crippen LogP contribution in [-0.4, -0.2) is 54.5 Å². The number of halogens is 1. The molecule has 4 N–H and O–H groups in total. The van der Waals surface area contributed by atoms with E-state index < -0.39 is 29.7 Å². The molecule has 36 heavy (non-hydrogen) atoms. The van der Waals surface area contributed by atoms with E-state index in [9.17, 15) is 23.6 Å². The molecule has 0 saturated carbocycles. The van der Waals surface area contributed by atoms with Crippen molar-refractivity contribution < 1.29 is 28.1 Å². The van der Waals surface area contributed by atoms with Crippen LogP contribution in [-0.2, 0) is 20.8 Å². The van der Waals surface area contributed by atoms with Crippen LogP contribution in [0.1, 0.15) is 41.1 Å². The summed E-state index contributed by atoms with van der Waals surface area (Å²) in [6.07, 6.45) is 4.65. The molecular weight excluding hydrogens is 469 g/mol. The molecule has 2 heterocycles. The largest absolute Gasteiger partial charge is 0.361 e. The first-order valence-electron chi connectivity index (χ1n) is 11.7. The summed E-state index contributed by atoms with van der Waals surface area (Å²) >= 11 is 0. The highest BCUT2D eigenvalue weighted by atomic mass is 19.1. The van der Waals surface area contributed by atoms with Crippen LogP contribution < -0.4 is 21.3 Å². The minimum absolute atomic E-state index is 0.0133. The lowest BCUT2D eigenvalue weighted by atomic mass is 9.91. The SMILES string of the molecule is CNC(=O)/C=C/[C@H](C[C@@H]1CCCNC1=O)NC(=O)[C@H](Cc1ccc(F)cc1)NC(=O)c1cc(C)on1. The van der Waals surface area contributed by atoms with Crippen molar-refractivity contribution >= 4 is 23.6 Å². The minimum atomic E-state index is -1.05. The highest BCUT2D eigenvalue weighted by molar-refractivity contribution is 5.96. The number of carbonyl (C=O) groups is 4. The highest BCUT2D eigenvalue weighted by Gasteiger charge is 2.29. The quantitative estimate of drug-likeness (QED) is 0.362. The fourth-order valence-electron chi connectivity index (χ4n) is 3.89. The lowest BCUT2D eigenvalue weighted by Gasteiger charge is -2.27. The second-order valence-electron chi connectivity index (χ2n) is 8.63. The van der Waals surface area contributed by atoms with Gasteiger partial charge in [-0.05, 0) is 43.9 Å². The number of nitrogens with zero attached hydrogens (tertiary/aromatic N) is 1. The molecule has 3 rings (SSSR count). The third-order valence-electron chi connectivity index (χ3n) is 5.83. The Labute approximate surface area is 208 Å². The van der Waals surface area contributed by atoms with E-state index in [4.69, 9.17) is 4.52 Å². The number of nitrogens with one attached hydrogen (secondary N) is 4. The Hall–Kier alpha value is -4.02. The molecule has 10 nitrogen and oxygen atoms in total. The zero-order chi connectivity index (χ0) is 26.1. The molecule has 0 radical (unpaired) electrons. The third kappa shape index (κ3) is 7.76. The van der Waals surface area contributed by atoms with Crippen LogP contribution in [0.3, 0.4) is 0 Å². The van der Waals surface area contributed by atoms with E-state index in [1.807, 2.05) is 0 Å². The first-order chi connectivity index (χ1) is 17.2. The zero-order valence-corrected chi connectivity index (χ0v) is 20.2. The van der Waals surface area contributed by atoms with Gasteiger partial charge in [0, 0.05) is 44.1 Å². The van der Waals surface area contributed by atoms with Gasteiger partial charge in [-0.25, -0.2) is 4.39 Å². The number of aryl methyl sites for hydroxylation is 1. The van der Waals surface area contributed by atoms with Crippen LogP contribution in [0.25, 0.3) is 0 Å². The zero-order valence-electron chi connectivity index (χ0n) is 20.2. The summed E-state index contributed by atoms with van der Waals surface area (Å²) in [4.78, 5) is 50.1. The fraction of sp³-hybridized carbons (Fsp3) is 0.400. The molecule has 1 aliphatic rings. The number of piperidine rings is 1. The lowest BCUT2D eigenvalue weighted by molar-refractivity contribution is -0.128. The molecule has 0 spiro atoms. The van der Waals surface area contributed by atoms with E-state index in [-0.39, 0.29) is 36.3 Å². The van der Waals surface area contributed by atoms with Crippen molar-refractivity contribution in [3.05, 3.63) is 65.3 Å². The predicted octanol–water partition coefficient (Wildman–Crippen LogP) is 1.17. The number of hydrogen-bond acceptors (Lipinski definition) is 6. The second kappa shape index (κ2) is 12.6. The number of amides is 4. The molecule has 0 unspecified atom stereocenters. The van der Waals surface area contributed by atoms with Crippen molar-refractivity contribution in [2.45, 2.75) is 44.7 Å². The standard InChI is InChI=1S/C25H30FN5O5/c1-15-12-21(31-36-15)25(35)30-20(13-16-5-7-18(26)8-6-16)24(34)29-19(9-10-22(32)27-2)14-17-4-3-11-28-23(17)33/h5-10,12,17,19-20H,3-4,11,13-14H2,1-2H3,(H,27,32)(H,28,33)(H,29,34)(H,30,35)/b10-9+/t17-,19+,20-/m0/s1. The third-order valence-corrected chi connectivity index (χ3v) is 5.83. The van der Waals surface area contributed by atoms with Gasteiger partial charge in [0.25, 0.3) is 5.91 Å². The summed E-state index contributed by atoms with van der Waals surface area (Å²) in [6, 6.07) is 5.34. The van der Waals surface area contributed by atoms with E-state index in [1.54, 1.807) is 6.92 Å². The van der Waals surface area contributed by atoms with Gasteiger partial charge < -0.3 is 25.8 Å². The number of carbonyl (C=O) groups excluding carboxylic acids is 4. The second-order valence-corrected chi connectivity index (χ2v) is 8.63. The summed E-state index contributed by atoms with van der Waals surface area (Å²) in [5.41, 5.74) is 0.636. The summed E-state index contributed by atoms with van der Waals surface area (Å²) in [6.45, 7) is 2.24. The van der Waals surface area contributed by atoms with Gasteiger partial charge in [-0.1, -0.05) is 23.4 Å². The highest BCUT2D eigenvalue weighted by Crippen LogP contribution is 2.18. The Morgan fingerprint density at radius 2 is 2.00 bits per heavy atom. The maximum atomic E-state index is 13.4. The van der Waals surface area contributed by atoms with Crippen LogP contribution in [0.4, 0.5) is 4.39 Å². The number of likely N-dealkylation sites (N-methyl/N-ethyl adjacent to an activating group) is 1. The molecule has 0 aliphatic carbocycles. The first kappa shape index (κ1) is 26.6. The molecule has 1 saturated heterocycles. The normalized spacial score (nSPS) is 17.2. The Balaban J connectivity index is 1.79. The summed E-state index contributed by atoms with van der Waals surface area (Å²) in [5.74, 6) is -1.93. The van der Waals surface area contributed by atoms with Crippen molar-refractivity contribution in [1.82, 2.24) is 26.4 Å². The molecule has 1 aromatic carbocycles. The van der Waals surface area contributed by atoms with Crippen molar-refractivity contribution in [1.29, 1.82) is 0 Å². The van der Waals surface area contributed by atoms with Crippen LogP contribution in [0.2, 0.25) is 0 Å². The van der Waals surface area contributed by atoms with Gasteiger partial charge in [0.05, 0.1) is 0 Å². The van der Waals surface area contributed by atoms with Gasteiger partial charge in [-0.3, -0.25) is 19.2 Å². The van der Waals surface area contributed by atoms with E-state index in [0.29, 0.717) is 24.3 Å².